The van der Waals surface area contributed by atoms with Gasteiger partial charge >= 0.3 is 0 Å². The van der Waals surface area contributed by atoms with Crippen LogP contribution in [0.1, 0.15) is 0 Å². The molecule has 0 bridgehead atoms. The molecule has 0 aliphatic heterocycles. The first-order chi connectivity index (χ1) is 4.83. The highest BCUT2D eigenvalue weighted by Gasteiger charge is 1.92. The van der Waals surface area contributed by atoms with Gasteiger partial charge in [-0.15, -0.1) is 0 Å². The summed E-state index contributed by atoms with van der Waals surface area (Å²) in [6, 6.07) is 5.98. The summed E-state index contributed by atoms with van der Waals surface area (Å²) >= 11 is 0. The molecule has 0 saturated heterocycles. The van der Waals surface area contributed by atoms with Crippen LogP contribution in [0.15, 0.2) is 24.3 Å². The molecule has 0 fully saturated rings. The van der Waals surface area contributed by atoms with Crippen LogP contribution in [0.3, 0.4) is 0 Å². The average molecular weight is 142 g/mol. The fraction of sp³-hybridized carbons (Fsp3) is 0.143. The highest BCUT2D eigenvalue weighted by molar-refractivity contribution is 5.21. The van der Waals surface area contributed by atoms with Crippen molar-refractivity contribution in [3.05, 3.63) is 30.1 Å². The molecule has 3 N–H and O–H groups in total. The third-order valence-electron chi connectivity index (χ3n) is 1.06. The Morgan fingerprint density at radius 3 is 2.90 bits per heavy atom. The zero-order chi connectivity index (χ0) is 7.40. The van der Waals surface area contributed by atoms with Crippen LogP contribution in [0.2, 0.25) is 0 Å². The van der Waals surface area contributed by atoms with E-state index in [2.05, 4.69) is 5.73 Å². The van der Waals surface area contributed by atoms with Crippen molar-refractivity contribution >= 4 is 0 Å². The molecule has 10 heavy (non-hydrogen) atoms. The van der Waals surface area contributed by atoms with Gasteiger partial charge in [0.15, 0.2) is 0 Å². The van der Waals surface area contributed by atoms with Gasteiger partial charge in [-0.25, -0.2) is 4.39 Å². The minimum absolute atomic E-state index is 0.286. The molecule has 0 unspecified atom stereocenters. The minimum atomic E-state index is -0.286. The number of benzene rings is 1. The number of hydrogen-bond donors (Lipinski definition) is 1. The first kappa shape index (κ1) is 7.02. The first-order valence-corrected chi connectivity index (χ1v) is 3.00. The molecule has 0 heterocycles. The van der Waals surface area contributed by atoms with E-state index in [1.54, 1.807) is 12.1 Å². The van der Waals surface area contributed by atoms with Gasteiger partial charge < -0.3 is 10.5 Å². The van der Waals surface area contributed by atoms with Crippen molar-refractivity contribution in [2.75, 3.05) is 6.73 Å². The van der Waals surface area contributed by atoms with Gasteiger partial charge in [0.2, 0.25) is 6.73 Å². The summed E-state index contributed by atoms with van der Waals surface area (Å²) in [6.45, 7) is 0.323. The van der Waals surface area contributed by atoms with E-state index >= 15 is 0 Å². The van der Waals surface area contributed by atoms with Gasteiger partial charge in [0.25, 0.3) is 0 Å². The summed E-state index contributed by atoms with van der Waals surface area (Å²) in [5.74, 6) is 0.237. The largest absolute Gasteiger partial charge is 0.445 e. The second kappa shape index (κ2) is 3.17. The Kier molecular flexibility index (Phi) is 2.23. The third kappa shape index (κ3) is 1.70. The van der Waals surface area contributed by atoms with E-state index < -0.39 is 0 Å². The molecule has 0 aromatic heterocycles. The van der Waals surface area contributed by atoms with Crippen LogP contribution >= 0.6 is 0 Å². The van der Waals surface area contributed by atoms with Crippen molar-refractivity contribution in [1.29, 1.82) is 0 Å². The number of halogens is 1. The predicted octanol–water partition coefficient (Wildman–Crippen LogP) is 0.404. The molecule has 0 radical (unpaired) electrons. The van der Waals surface area contributed by atoms with E-state index in [0.717, 1.165) is 0 Å². The summed E-state index contributed by atoms with van der Waals surface area (Å²) in [6.07, 6.45) is 0. The van der Waals surface area contributed by atoms with Gasteiger partial charge in [-0.3, -0.25) is 0 Å². The Morgan fingerprint density at radius 1 is 1.50 bits per heavy atom. The second-order valence-electron chi connectivity index (χ2n) is 1.81. The van der Waals surface area contributed by atoms with Gasteiger partial charge in [-0.2, -0.15) is 0 Å². The lowest BCUT2D eigenvalue weighted by atomic mass is 10.3. The van der Waals surface area contributed by atoms with Crippen LogP contribution in [0.5, 0.6) is 5.75 Å². The third-order valence-corrected chi connectivity index (χ3v) is 1.06. The Morgan fingerprint density at radius 2 is 2.30 bits per heavy atom. The van der Waals surface area contributed by atoms with Crippen molar-refractivity contribution in [3.8, 4) is 5.75 Å². The maximum absolute atomic E-state index is 12.4. The number of hydrogen-bond acceptors (Lipinski definition) is 1. The molecule has 2 nitrogen and oxygen atoms in total. The van der Waals surface area contributed by atoms with Crippen LogP contribution in [0.4, 0.5) is 4.39 Å². The Labute approximate surface area is 58.4 Å². The van der Waals surface area contributed by atoms with Crippen LogP contribution in [-0.4, -0.2) is 6.73 Å². The molecule has 3 heteroatoms. The van der Waals surface area contributed by atoms with E-state index in [4.69, 9.17) is 4.74 Å². The van der Waals surface area contributed by atoms with Gasteiger partial charge in [0.1, 0.15) is 11.6 Å². The van der Waals surface area contributed by atoms with Gasteiger partial charge in [-0.05, 0) is 12.1 Å². The Hall–Kier alpha value is -1.09. The molecule has 0 atom stereocenters. The molecule has 1 aromatic carbocycles. The van der Waals surface area contributed by atoms with E-state index in [9.17, 15) is 4.39 Å². The smallest absolute Gasteiger partial charge is 0.219 e. The quantitative estimate of drug-likeness (QED) is 0.596. The second-order valence-corrected chi connectivity index (χ2v) is 1.81. The predicted molar refractivity (Wildman–Crippen MR) is 34.8 cm³/mol. The number of rotatable bonds is 2. The van der Waals surface area contributed by atoms with E-state index in [0.29, 0.717) is 12.5 Å². The van der Waals surface area contributed by atoms with Crippen molar-refractivity contribution < 1.29 is 14.9 Å². The zero-order valence-electron chi connectivity index (χ0n) is 5.51. The standard InChI is InChI=1S/C7H8FNO/c8-6-2-1-3-7(4-6)10-5-9/h1-4H,5,9H2/p+1. The van der Waals surface area contributed by atoms with Crippen LogP contribution in [0, 0.1) is 5.82 Å². The van der Waals surface area contributed by atoms with E-state index in [-0.39, 0.29) is 5.82 Å². The van der Waals surface area contributed by atoms with Gasteiger partial charge in [-0.1, -0.05) is 6.07 Å². The number of quaternary nitrogens is 1. The van der Waals surface area contributed by atoms with Crippen molar-refractivity contribution in [2.45, 2.75) is 0 Å². The molecule has 54 valence electrons. The molecule has 1 aromatic rings. The lowest BCUT2D eigenvalue weighted by molar-refractivity contribution is -0.413. The normalized spacial score (nSPS) is 9.40. The van der Waals surface area contributed by atoms with Crippen LogP contribution in [0.25, 0.3) is 0 Å². The fourth-order valence-electron chi connectivity index (χ4n) is 0.675. The van der Waals surface area contributed by atoms with Crippen molar-refractivity contribution in [3.63, 3.8) is 0 Å². The monoisotopic (exact) mass is 142 g/mol. The maximum atomic E-state index is 12.4. The topological polar surface area (TPSA) is 36.9 Å². The van der Waals surface area contributed by atoms with E-state index in [1.165, 1.54) is 12.1 Å². The Bertz CT molecular complexity index is 215. The van der Waals surface area contributed by atoms with E-state index in [1.807, 2.05) is 0 Å². The fourth-order valence-corrected chi connectivity index (χ4v) is 0.675. The highest BCUT2D eigenvalue weighted by atomic mass is 19.1. The lowest BCUT2D eigenvalue weighted by Crippen LogP contribution is -2.53. The molecule has 0 aliphatic carbocycles. The first-order valence-electron chi connectivity index (χ1n) is 3.00. The minimum Gasteiger partial charge on any atom is -0.445 e. The van der Waals surface area contributed by atoms with Crippen molar-refractivity contribution in [2.24, 2.45) is 0 Å². The zero-order valence-corrected chi connectivity index (χ0v) is 5.51. The van der Waals surface area contributed by atoms with Gasteiger partial charge in [0, 0.05) is 6.07 Å². The molecule has 0 amide bonds. The van der Waals surface area contributed by atoms with Crippen molar-refractivity contribution in [1.82, 2.24) is 0 Å². The molecule has 0 aliphatic rings. The Balaban J connectivity index is 2.75. The summed E-state index contributed by atoms with van der Waals surface area (Å²) in [5.41, 5.74) is 3.47. The summed E-state index contributed by atoms with van der Waals surface area (Å²) in [4.78, 5) is 0. The lowest BCUT2D eigenvalue weighted by Gasteiger charge is -1.98. The number of ether oxygens (including phenoxy) is 1. The average Bonchev–Trinajstić information content (AvgIpc) is 1.88. The van der Waals surface area contributed by atoms with Crippen LogP contribution < -0.4 is 10.5 Å². The molecule has 0 spiro atoms. The highest BCUT2D eigenvalue weighted by Crippen LogP contribution is 2.10. The molecule has 0 saturated carbocycles. The van der Waals surface area contributed by atoms with Crippen LogP contribution in [-0.2, 0) is 0 Å². The van der Waals surface area contributed by atoms with Gasteiger partial charge in [0.05, 0.1) is 0 Å². The summed E-state index contributed by atoms with van der Waals surface area (Å²) < 4.78 is 17.3. The molecular formula is C7H9FNO+. The summed E-state index contributed by atoms with van der Waals surface area (Å²) in [5, 5.41) is 0. The molecular weight excluding hydrogens is 133 g/mol. The summed E-state index contributed by atoms with van der Waals surface area (Å²) in [7, 11) is 0. The SMILES string of the molecule is [NH3+]COc1cccc(F)c1. The maximum Gasteiger partial charge on any atom is 0.219 e. The molecule has 1 rings (SSSR count).